The predicted molar refractivity (Wildman–Crippen MR) is 82.3 cm³/mol. The fraction of sp³-hybridized carbons (Fsp3) is 0.562. The molecule has 0 unspecified atom stereocenters. The van der Waals surface area contributed by atoms with Crippen LogP contribution in [-0.4, -0.2) is 31.2 Å². The van der Waals surface area contributed by atoms with Crippen LogP contribution in [0.25, 0.3) is 11.1 Å². The molecule has 0 aliphatic carbocycles. The first kappa shape index (κ1) is 13.4. The summed E-state index contributed by atoms with van der Waals surface area (Å²) in [7, 11) is 0. The smallest absolute Gasteiger partial charge is 0.195 e. The van der Waals surface area contributed by atoms with Crippen LogP contribution in [0.1, 0.15) is 26.7 Å². The van der Waals surface area contributed by atoms with Crippen molar-refractivity contribution in [3.05, 3.63) is 24.1 Å². The molecule has 1 aliphatic rings. The molecule has 1 N–H and O–H groups in total. The van der Waals surface area contributed by atoms with E-state index in [2.05, 4.69) is 54.2 Å². The van der Waals surface area contributed by atoms with Crippen molar-refractivity contribution in [1.29, 1.82) is 0 Å². The van der Waals surface area contributed by atoms with Crippen LogP contribution in [-0.2, 0) is 6.42 Å². The van der Waals surface area contributed by atoms with Gasteiger partial charge in [0.05, 0.1) is 0 Å². The molecule has 0 bridgehead atoms. The Kier molecular flexibility index (Phi) is 3.42. The number of hydrogen-bond acceptors (Lipinski definition) is 4. The normalized spacial score (nSPS) is 16.9. The van der Waals surface area contributed by atoms with Crippen LogP contribution < -0.4 is 10.2 Å². The van der Waals surface area contributed by atoms with Crippen LogP contribution in [0.2, 0.25) is 0 Å². The molecule has 1 aromatic heterocycles. The van der Waals surface area contributed by atoms with E-state index in [-0.39, 0.29) is 5.41 Å². The molecule has 4 nitrogen and oxygen atoms in total. The zero-order valence-electron chi connectivity index (χ0n) is 12.6. The highest BCUT2D eigenvalue weighted by Crippen LogP contribution is 2.26. The van der Waals surface area contributed by atoms with Gasteiger partial charge in [0.2, 0.25) is 0 Å². The van der Waals surface area contributed by atoms with Crippen molar-refractivity contribution in [2.75, 3.05) is 31.1 Å². The number of hydrogen-bond donors (Lipinski definition) is 1. The van der Waals surface area contributed by atoms with E-state index < -0.39 is 0 Å². The SMILES string of the molecule is CC(C)(C)Cc1nc2ccc(N3CCNCC3)cc2o1. The molecular weight excluding hydrogens is 250 g/mol. The Balaban J connectivity index is 1.87. The van der Waals surface area contributed by atoms with Crippen molar-refractivity contribution >= 4 is 16.8 Å². The molecule has 2 aromatic rings. The Morgan fingerprint density at radius 3 is 2.70 bits per heavy atom. The van der Waals surface area contributed by atoms with Crippen molar-refractivity contribution in [1.82, 2.24) is 10.3 Å². The van der Waals surface area contributed by atoms with E-state index in [4.69, 9.17) is 4.42 Å². The third-order valence-electron chi connectivity index (χ3n) is 3.58. The summed E-state index contributed by atoms with van der Waals surface area (Å²) in [5.41, 5.74) is 3.29. The zero-order valence-corrected chi connectivity index (χ0v) is 12.6. The fourth-order valence-corrected chi connectivity index (χ4v) is 2.61. The summed E-state index contributed by atoms with van der Waals surface area (Å²) in [6, 6.07) is 6.35. The van der Waals surface area contributed by atoms with Gasteiger partial charge < -0.3 is 14.6 Å². The lowest BCUT2D eigenvalue weighted by Gasteiger charge is -2.29. The minimum absolute atomic E-state index is 0.197. The van der Waals surface area contributed by atoms with Crippen molar-refractivity contribution in [2.24, 2.45) is 5.41 Å². The van der Waals surface area contributed by atoms with Crippen LogP contribution in [0.3, 0.4) is 0 Å². The van der Waals surface area contributed by atoms with E-state index in [0.29, 0.717) is 0 Å². The van der Waals surface area contributed by atoms with E-state index >= 15 is 0 Å². The van der Waals surface area contributed by atoms with Gasteiger partial charge in [0, 0.05) is 44.4 Å². The Hall–Kier alpha value is -1.55. The third-order valence-corrected chi connectivity index (χ3v) is 3.58. The van der Waals surface area contributed by atoms with Gasteiger partial charge >= 0.3 is 0 Å². The van der Waals surface area contributed by atoms with E-state index in [1.807, 2.05) is 0 Å². The monoisotopic (exact) mass is 273 g/mol. The van der Waals surface area contributed by atoms with E-state index in [1.165, 1.54) is 5.69 Å². The summed E-state index contributed by atoms with van der Waals surface area (Å²) in [4.78, 5) is 6.98. The van der Waals surface area contributed by atoms with Gasteiger partial charge in [0.15, 0.2) is 11.5 Å². The topological polar surface area (TPSA) is 41.3 Å². The number of piperazine rings is 1. The highest BCUT2D eigenvalue weighted by Gasteiger charge is 2.17. The first-order valence-corrected chi connectivity index (χ1v) is 7.36. The summed E-state index contributed by atoms with van der Waals surface area (Å²) in [5, 5.41) is 3.37. The number of anilines is 1. The van der Waals surface area contributed by atoms with Gasteiger partial charge in [0.1, 0.15) is 5.52 Å². The molecule has 0 radical (unpaired) electrons. The molecule has 0 amide bonds. The largest absolute Gasteiger partial charge is 0.441 e. The van der Waals surface area contributed by atoms with Crippen molar-refractivity contribution < 1.29 is 4.42 Å². The first-order valence-electron chi connectivity index (χ1n) is 7.36. The standard InChI is InChI=1S/C16H23N3O/c1-16(2,3)11-15-18-13-5-4-12(10-14(13)20-15)19-8-6-17-7-9-19/h4-5,10,17H,6-9,11H2,1-3H3. The molecule has 0 atom stereocenters. The van der Waals surface area contributed by atoms with Crippen LogP contribution >= 0.6 is 0 Å². The average molecular weight is 273 g/mol. The van der Waals surface area contributed by atoms with Crippen LogP contribution in [0.4, 0.5) is 5.69 Å². The predicted octanol–water partition coefficient (Wildman–Crippen LogP) is 2.83. The fourth-order valence-electron chi connectivity index (χ4n) is 2.61. The Labute approximate surface area is 120 Å². The molecule has 1 aromatic carbocycles. The molecule has 0 saturated carbocycles. The summed E-state index contributed by atoms with van der Waals surface area (Å²) in [5.74, 6) is 0.838. The molecule has 2 heterocycles. The van der Waals surface area contributed by atoms with Gasteiger partial charge in [-0.15, -0.1) is 0 Å². The van der Waals surface area contributed by atoms with Gasteiger partial charge in [-0.1, -0.05) is 20.8 Å². The van der Waals surface area contributed by atoms with Crippen molar-refractivity contribution in [2.45, 2.75) is 27.2 Å². The third kappa shape index (κ3) is 2.96. The van der Waals surface area contributed by atoms with Crippen LogP contribution in [0, 0.1) is 5.41 Å². The number of nitrogens with one attached hydrogen (secondary N) is 1. The summed E-state index contributed by atoms with van der Waals surface area (Å²) >= 11 is 0. The molecule has 1 saturated heterocycles. The number of rotatable bonds is 2. The number of benzene rings is 1. The molecule has 1 fully saturated rings. The lowest BCUT2D eigenvalue weighted by Crippen LogP contribution is -2.43. The molecule has 4 heteroatoms. The number of nitrogens with zero attached hydrogens (tertiary/aromatic N) is 2. The summed E-state index contributed by atoms with van der Waals surface area (Å²) < 4.78 is 5.92. The lowest BCUT2D eigenvalue weighted by molar-refractivity contribution is 0.362. The Bertz CT molecular complexity index is 591. The Morgan fingerprint density at radius 2 is 2.00 bits per heavy atom. The molecule has 108 valence electrons. The maximum atomic E-state index is 5.92. The second-order valence-electron chi connectivity index (χ2n) is 6.73. The number of fused-ring (bicyclic) bond motifs is 1. The minimum atomic E-state index is 0.197. The highest BCUT2D eigenvalue weighted by molar-refractivity contribution is 5.77. The van der Waals surface area contributed by atoms with Crippen LogP contribution in [0.15, 0.2) is 22.6 Å². The summed E-state index contributed by atoms with van der Waals surface area (Å²) in [6.07, 6.45) is 0.866. The quantitative estimate of drug-likeness (QED) is 0.913. The van der Waals surface area contributed by atoms with Gasteiger partial charge in [-0.25, -0.2) is 4.98 Å². The maximum Gasteiger partial charge on any atom is 0.195 e. The van der Waals surface area contributed by atoms with E-state index in [9.17, 15) is 0 Å². The second kappa shape index (κ2) is 5.09. The molecular formula is C16H23N3O. The average Bonchev–Trinajstić information content (AvgIpc) is 2.78. The van der Waals surface area contributed by atoms with Gasteiger partial charge in [-0.2, -0.15) is 0 Å². The van der Waals surface area contributed by atoms with Gasteiger partial charge in [-0.05, 0) is 17.5 Å². The van der Waals surface area contributed by atoms with Gasteiger partial charge in [0.25, 0.3) is 0 Å². The number of oxazole rings is 1. The van der Waals surface area contributed by atoms with E-state index in [0.717, 1.165) is 49.6 Å². The maximum absolute atomic E-state index is 5.92. The molecule has 20 heavy (non-hydrogen) atoms. The van der Waals surface area contributed by atoms with Gasteiger partial charge in [-0.3, -0.25) is 0 Å². The lowest BCUT2D eigenvalue weighted by atomic mass is 9.92. The van der Waals surface area contributed by atoms with Crippen molar-refractivity contribution in [3.63, 3.8) is 0 Å². The number of aromatic nitrogens is 1. The second-order valence-corrected chi connectivity index (χ2v) is 6.73. The minimum Gasteiger partial charge on any atom is -0.441 e. The Morgan fingerprint density at radius 1 is 1.25 bits per heavy atom. The van der Waals surface area contributed by atoms with E-state index in [1.54, 1.807) is 0 Å². The van der Waals surface area contributed by atoms with Crippen LogP contribution in [0.5, 0.6) is 0 Å². The zero-order chi connectivity index (χ0) is 14.2. The molecule has 0 spiro atoms. The molecule has 1 aliphatic heterocycles. The molecule has 3 rings (SSSR count). The van der Waals surface area contributed by atoms with Crippen molar-refractivity contribution in [3.8, 4) is 0 Å². The highest BCUT2D eigenvalue weighted by atomic mass is 16.3. The summed E-state index contributed by atoms with van der Waals surface area (Å²) in [6.45, 7) is 10.8. The first-order chi connectivity index (χ1) is 9.51.